The van der Waals surface area contributed by atoms with Crippen molar-refractivity contribution in [2.45, 2.75) is 128 Å². The Morgan fingerprint density at radius 2 is 1.23 bits per heavy atom. The molecule has 0 radical (unpaired) electrons. The molecule has 2 fully saturated rings. The lowest BCUT2D eigenvalue weighted by Gasteiger charge is -2.45. The van der Waals surface area contributed by atoms with Gasteiger partial charge in [-0.05, 0) is 72.6 Å². The van der Waals surface area contributed by atoms with E-state index in [0.29, 0.717) is 11.4 Å². The summed E-state index contributed by atoms with van der Waals surface area (Å²) in [5, 5.41) is 2.38. The Kier molecular flexibility index (Phi) is 17.9. The summed E-state index contributed by atoms with van der Waals surface area (Å²) in [6, 6.07) is 45.4. The van der Waals surface area contributed by atoms with Crippen LogP contribution >= 0.6 is 0 Å². The predicted molar refractivity (Wildman–Crippen MR) is 298 cm³/mol. The highest BCUT2D eigenvalue weighted by molar-refractivity contribution is 6.74. The van der Waals surface area contributed by atoms with E-state index in [9.17, 15) is 19.2 Å². The van der Waals surface area contributed by atoms with Gasteiger partial charge in [0.1, 0.15) is 24.4 Å². The molecule has 2 aromatic heterocycles. The second-order valence-electron chi connectivity index (χ2n) is 21.0. The van der Waals surface area contributed by atoms with Crippen LogP contribution in [0.5, 0.6) is 5.88 Å². The molecule has 9 rings (SSSR count). The summed E-state index contributed by atoms with van der Waals surface area (Å²) in [5.74, 6) is -2.31. The Morgan fingerprint density at radius 3 is 1.77 bits per heavy atom. The minimum atomic E-state index is -2.55. The monoisotopic (exact) mass is 1110 g/mol. The van der Waals surface area contributed by atoms with Crippen molar-refractivity contribution < 1.29 is 61.5 Å². The number of rotatable bonds is 19. The lowest BCUT2D eigenvalue weighted by atomic mass is 9.98. The van der Waals surface area contributed by atoms with E-state index in [4.69, 9.17) is 52.3 Å². The van der Waals surface area contributed by atoms with Crippen molar-refractivity contribution in [3.05, 3.63) is 175 Å². The molecule has 0 bridgehead atoms. The number of para-hydroxylation sites is 2. The third-order valence-electron chi connectivity index (χ3n) is 14.2. The lowest BCUT2D eigenvalue weighted by Crippen LogP contribution is -2.61. The molecule has 0 unspecified atom stereocenters. The zero-order valence-corrected chi connectivity index (χ0v) is 46.9. The minimum absolute atomic E-state index is 0.00237. The van der Waals surface area contributed by atoms with E-state index in [-0.39, 0.29) is 53.4 Å². The van der Waals surface area contributed by atoms with Crippen LogP contribution in [0.25, 0.3) is 11.2 Å². The van der Waals surface area contributed by atoms with Gasteiger partial charge >= 0.3 is 18.0 Å². The highest BCUT2D eigenvalue weighted by Crippen LogP contribution is 2.43. The van der Waals surface area contributed by atoms with Gasteiger partial charge in [0.25, 0.3) is 5.88 Å². The smallest absolute Gasteiger partial charge is 0.425 e. The molecule has 20 heteroatoms. The van der Waals surface area contributed by atoms with Crippen LogP contribution in [0.4, 0.5) is 22.1 Å². The number of nitrogens with zero attached hydrogens (tertiary/aromatic N) is 5. The van der Waals surface area contributed by atoms with Crippen LogP contribution in [-0.4, -0.2) is 107 Å². The number of amides is 2. The molecule has 0 saturated carbocycles. The van der Waals surface area contributed by atoms with Gasteiger partial charge in [0.05, 0.1) is 49.2 Å². The maximum atomic E-state index is 14.6. The Labute approximate surface area is 465 Å². The first-order valence-electron chi connectivity index (χ1n) is 26.4. The maximum Gasteiger partial charge on any atom is 0.425 e. The Morgan fingerprint density at radius 1 is 0.675 bits per heavy atom. The number of hydrogen-bond acceptors (Lipinski definition) is 16. The van der Waals surface area contributed by atoms with Crippen molar-refractivity contribution in [2.24, 2.45) is 0 Å². The van der Waals surface area contributed by atoms with Gasteiger partial charge in [-0.15, -0.1) is 0 Å². The molecule has 80 heavy (non-hydrogen) atoms. The van der Waals surface area contributed by atoms with Crippen LogP contribution in [0.2, 0.25) is 18.1 Å². The van der Waals surface area contributed by atoms with Crippen LogP contribution < -0.4 is 15.0 Å². The first kappa shape index (κ1) is 57.0. The molecule has 0 spiro atoms. The van der Waals surface area contributed by atoms with Crippen LogP contribution in [0.15, 0.2) is 158 Å². The van der Waals surface area contributed by atoms with Crippen molar-refractivity contribution in [3.63, 3.8) is 0 Å². The number of fused-ring (bicyclic) bond motifs is 1. The SMILES string of the molecule is CC(=O)Nc1nc(OC(=O)N(c2ccccc2)c2ccccc2)c2ncn([C@@H]3O[C@H](CO[Si](C)(C)C(C)(C)C)[C@@H](O[C@@H]4O[C@@H](C)[C@@H](OC(C)=O)[C@@H](OCc5ccccc5)[C@@H]4OCc4ccccc4)[C@H]3OC(=O)c3ccccc3)c2n1. The molecule has 7 aromatic rings. The van der Waals surface area contributed by atoms with Gasteiger partial charge < -0.3 is 42.3 Å². The van der Waals surface area contributed by atoms with E-state index in [2.05, 4.69) is 44.2 Å². The van der Waals surface area contributed by atoms with E-state index < -0.39 is 87.5 Å². The molecule has 9 atom stereocenters. The molecule has 5 aromatic carbocycles. The summed E-state index contributed by atoms with van der Waals surface area (Å²) in [6.07, 6.45) is -9.46. The highest BCUT2D eigenvalue weighted by atomic mass is 28.4. The summed E-state index contributed by atoms with van der Waals surface area (Å²) in [5.41, 5.74) is 2.95. The number of ether oxygens (including phenoxy) is 8. The predicted octanol–water partition coefficient (Wildman–Crippen LogP) is 10.5. The number of carbonyl (C=O) groups is 4. The summed E-state index contributed by atoms with van der Waals surface area (Å²) < 4.78 is 61.7. The summed E-state index contributed by atoms with van der Waals surface area (Å²) in [4.78, 5) is 69.9. The van der Waals surface area contributed by atoms with Crippen molar-refractivity contribution in [1.82, 2.24) is 19.5 Å². The summed E-state index contributed by atoms with van der Waals surface area (Å²) >= 11 is 0. The molecule has 418 valence electrons. The molecule has 2 amide bonds. The number of nitrogens with one attached hydrogen (secondary N) is 1. The van der Waals surface area contributed by atoms with E-state index in [1.165, 1.54) is 29.6 Å². The number of carbonyl (C=O) groups excluding carboxylic acids is 4. The Balaban J connectivity index is 1.16. The zero-order valence-electron chi connectivity index (χ0n) is 45.9. The third-order valence-corrected chi connectivity index (χ3v) is 18.7. The average molecular weight is 1110 g/mol. The second-order valence-corrected chi connectivity index (χ2v) is 25.8. The quantitative estimate of drug-likeness (QED) is 0.0589. The first-order chi connectivity index (χ1) is 38.4. The number of esters is 2. The van der Waals surface area contributed by atoms with Gasteiger partial charge in [0.15, 0.2) is 44.2 Å². The Bertz CT molecular complexity index is 3170. The van der Waals surface area contributed by atoms with Gasteiger partial charge in [0.2, 0.25) is 11.9 Å². The Hall–Kier alpha value is -7.69. The van der Waals surface area contributed by atoms with Gasteiger partial charge in [-0.1, -0.05) is 136 Å². The lowest BCUT2D eigenvalue weighted by molar-refractivity contribution is -0.329. The number of hydrogen-bond donors (Lipinski definition) is 1. The zero-order chi connectivity index (χ0) is 56.6. The van der Waals surface area contributed by atoms with Crippen molar-refractivity contribution in [1.29, 1.82) is 0 Å². The van der Waals surface area contributed by atoms with Gasteiger partial charge in [0, 0.05) is 13.8 Å². The number of aromatic nitrogens is 4. The van der Waals surface area contributed by atoms with Gasteiger partial charge in [-0.3, -0.25) is 19.5 Å². The fourth-order valence-corrected chi connectivity index (χ4v) is 10.1. The topological polar surface area (TPSA) is 210 Å². The standard InChI is InChI=1S/C60H66N6O13Si/c1-38-48(75-40(3)68)50(71-34-41-24-14-9-15-25-41)52(72-35-42-26-16-10-17-27-42)57(74-38)78-49-46(36-73-80(7,8)60(4,5)6)76-55(51(49)77-56(69)43-28-18-11-19-29-43)65-37-61-47-53(65)63-58(62-39(2)67)64-54(47)79-59(70)66(44-30-20-12-21-31-44)45-32-22-13-23-33-45/h9-33,37-38,46,48-52,55,57H,34-36H2,1-8H3,(H,62,63,64,67)/t38-,46+,48+,49+,50+,51+,52-,55+,57-/m0/s1. The van der Waals surface area contributed by atoms with Crippen LogP contribution in [0.3, 0.4) is 0 Å². The normalized spacial score (nSPS) is 22.1. The van der Waals surface area contributed by atoms with Crippen LogP contribution in [-0.2, 0) is 60.4 Å². The van der Waals surface area contributed by atoms with E-state index in [1.54, 1.807) is 85.8 Å². The highest BCUT2D eigenvalue weighted by Gasteiger charge is 2.56. The fourth-order valence-electron chi connectivity index (χ4n) is 9.12. The molecule has 2 saturated heterocycles. The number of imidazole rings is 1. The van der Waals surface area contributed by atoms with Crippen molar-refractivity contribution in [2.75, 3.05) is 16.8 Å². The van der Waals surface area contributed by atoms with E-state index in [0.717, 1.165) is 11.1 Å². The number of anilines is 3. The number of benzene rings is 5. The molecular weight excluding hydrogens is 1040 g/mol. The molecular formula is C60H66N6O13Si. The average Bonchev–Trinajstić information content (AvgIpc) is 4.20. The van der Waals surface area contributed by atoms with Crippen molar-refractivity contribution in [3.8, 4) is 5.88 Å². The van der Waals surface area contributed by atoms with Gasteiger partial charge in [-0.2, -0.15) is 9.97 Å². The van der Waals surface area contributed by atoms with Gasteiger partial charge in [-0.25, -0.2) is 19.5 Å². The third kappa shape index (κ3) is 13.5. The van der Waals surface area contributed by atoms with E-state index >= 15 is 0 Å². The minimum Gasteiger partial charge on any atom is -0.457 e. The van der Waals surface area contributed by atoms with Crippen molar-refractivity contribution >= 4 is 60.7 Å². The molecule has 0 aliphatic carbocycles. The second kappa shape index (κ2) is 25.2. The molecule has 1 N–H and O–H groups in total. The van der Waals surface area contributed by atoms with Crippen LogP contribution in [0.1, 0.15) is 69.3 Å². The maximum absolute atomic E-state index is 14.6. The van der Waals surface area contributed by atoms with E-state index in [1.807, 2.05) is 72.8 Å². The first-order valence-corrected chi connectivity index (χ1v) is 29.3. The summed E-state index contributed by atoms with van der Waals surface area (Å²) in [6.45, 7) is 15.1. The molecule has 2 aliphatic heterocycles. The molecule has 19 nitrogen and oxygen atoms in total. The molecule has 2 aliphatic rings. The fraction of sp³-hybridized carbons (Fsp3) is 0.350. The molecule has 4 heterocycles. The van der Waals surface area contributed by atoms with Crippen LogP contribution in [0, 0.1) is 0 Å². The largest absolute Gasteiger partial charge is 0.457 e. The summed E-state index contributed by atoms with van der Waals surface area (Å²) in [7, 11) is -2.55.